The van der Waals surface area contributed by atoms with Gasteiger partial charge in [-0.15, -0.1) is 0 Å². The third kappa shape index (κ3) is 3.13. The molecule has 110 valence electrons. The smallest absolute Gasteiger partial charge is 0.411 e. The van der Waals surface area contributed by atoms with Crippen LogP contribution in [0.4, 0.5) is 16.2 Å². The van der Waals surface area contributed by atoms with Crippen molar-refractivity contribution < 1.29 is 22.7 Å². The summed E-state index contributed by atoms with van der Waals surface area (Å²) in [7, 11) is -3.39. The lowest BCUT2D eigenvalue weighted by molar-refractivity contribution is 0.168. The second-order valence-corrected chi connectivity index (χ2v) is 6.12. The molecule has 0 saturated heterocycles. The molecule has 0 saturated carbocycles. The maximum Gasteiger partial charge on any atom is 0.411 e. The van der Waals surface area contributed by atoms with Gasteiger partial charge < -0.3 is 9.47 Å². The molecule has 1 amide bonds. The number of carbonyl (C=O) groups is 1. The van der Waals surface area contributed by atoms with Gasteiger partial charge in [0.2, 0.25) is 10.0 Å². The molecule has 20 heavy (non-hydrogen) atoms. The van der Waals surface area contributed by atoms with Gasteiger partial charge in [-0.3, -0.25) is 9.62 Å². The van der Waals surface area contributed by atoms with Gasteiger partial charge in [-0.25, -0.2) is 13.2 Å². The summed E-state index contributed by atoms with van der Waals surface area (Å²) in [5.41, 5.74) is 0.856. The average Bonchev–Trinajstić information content (AvgIpc) is 2.37. The first kappa shape index (κ1) is 14.4. The summed E-state index contributed by atoms with van der Waals surface area (Å²) >= 11 is 0. The summed E-state index contributed by atoms with van der Waals surface area (Å²) in [6.45, 7) is 2.50. The van der Waals surface area contributed by atoms with E-state index in [1.165, 1.54) is 4.31 Å². The topological polar surface area (TPSA) is 84.9 Å². The van der Waals surface area contributed by atoms with Gasteiger partial charge in [-0.2, -0.15) is 0 Å². The second kappa shape index (κ2) is 5.58. The Balaban J connectivity index is 2.31. The van der Waals surface area contributed by atoms with Crippen molar-refractivity contribution in [3.63, 3.8) is 0 Å². The van der Waals surface area contributed by atoms with Crippen LogP contribution >= 0.6 is 0 Å². The molecule has 1 heterocycles. The van der Waals surface area contributed by atoms with Crippen LogP contribution in [0.5, 0.6) is 5.75 Å². The number of fused-ring (bicyclic) bond motifs is 1. The van der Waals surface area contributed by atoms with Gasteiger partial charge in [0.1, 0.15) is 12.4 Å². The van der Waals surface area contributed by atoms with Crippen LogP contribution in [0.3, 0.4) is 0 Å². The van der Waals surface area contributed by atoms with Gasteiger partial charge in [0, 0.05) is 5.69 Å². The zero-order valence-electron chi connectivity index (χ0n) is 11.3. The SMILES string of the molecule is CCOC(=O)Nc1ccc2c(c1)N(S(C)(=O)=O)CCO2. The van der Waals surface area contributed by atoms with E-state index in [9.17, 15) is 13.2 Å². The Bertz CT molecular complexity index is 614. The monoisotopic (exact) mass is 300 g/mol. The molecular weight excluding hydrogens is 284 g/mol. The van der Waals surface area contributed by atoms with E-state index in [-0.39, 0.29) is 13.2 Å². The molecule has 1 aliphatic heterocycles. The fraction of sp³-hybridized carbons (Fsp3) is 0.417. The molecular formula is C12H16N2O5S. The number of amides is 1. The number of ether oxygens (including phenoxy) is 2. The van der Waals surface area contributed by atoms with Gasteiger partial charge in [-0.1, -0.05) is 0 Å². The van der Waals surface area contributed by atoms with Gasteiger partial charge in [0.15, 0.2) is 0 Å². The molecule has 0 aliphatic carbocycles. The molecule has 1 aromatic rings. The predicted octanol–water partition coefficient (Wildman–Crippen LogP) is 1.41. The van der Waals surface area contributed by atoms with E-state index in [2.05, 4.69) is 5.32 Å². The van der Waals surface area contributed by atoms with Crippen molar-refractivity contribution >= 4 is 27.5 Å². The fourth-order valence-electron chi connectivity index (χ4n) is 1.90. The third-order valence-electron chi connectivity index (χ3n) is 2.70. The maximum absolute atomic E-state index is 11.7. The zero-order valence-corrected chi connectivity index (χ0v) is 12.1. The Morgan fingerprint density at radius 3 is 2.90 bits per heavy atom. The molecule has 1 N–H and O–H groups in total. The van der Waals surface area contributed by atoms with E-state index in [1.807, 2.05) is 0 Å². The number of anilines is 2. The summed E-state index contributed by atoms with van der Waals surface area (Å²) < 4.78 is 34.9. The average molecular weight is 300 g/mol. The summed E-state index contributed by atoms with van der Waals surface area (Å²) in [6.07, 6.45) is 0.545. The first-order valence-corrected chi connectivity index (χ1v) is 7.95. The van der Waals surface area contributed by atoms with Crippen LogP contribution in [-0.4, -0.2) is 40.5 Å². The van der Waals surface area contributed by atoms with Crippen LogP contribution in [0.1, 0.15) is 6.92 Å². The molecule has 0 bridgehead atoms. The normalized spacial score (nSPS) is 14.2. The Labute approximate surface area is 117 Å². The van der Waals surface area contributed by atoms with Gasteiger partial charge >= 0.3 is 6.09 Å². The number of nitrogens with one attached hydrogen (secondary N) is 1. The molecule has 8 heteroatoms. The lowest BCUT2D eigenvalue weighted by atomic mass is 10.2. The number of hydrogen-bond acceptors (Lipinski definition) is 5. The van der Waals surface area contributed by atoms with E-state index in [0.29, 0.717) is 23.7 Å². The Kier molecular flexibility index (Phi) is 4.03. The van der Waals surface area contributed by atoms with Crippen LogP contribution in [0, 0.1) is 0 Å². The fourth-order valence-corrected chi connectivity index (χ4v) is 2.81. The standard InChI is InChI=1S/C12H16N2O5S/c1-3-18-12(15)13-9-4-5-11-10(8-9)14(6-7-19-11)20(2,16)17/h4-5,8H,3,6-7H2,1-2H3,(H,13,15). The maximum atomic E-state index is 11.7. The Morgan fingerprint density at radius 1 is 1.50 bits per heavy atom. The zero-order chi connectivity index (χ0) is 14.8. The molecule has 1 aromatic carbocycles. The highest BCUT2D eigenvalue weighted by Crippen LogP contribution is 2.35. The highest BCUT2D eigenvalue weighted by atomic mass is 32.2. The summed E-state index contributed by atoms with van der Waals surface area (Å²) in [6, 6.07) is 4.79. The number of sulfonamides is 1. The number of rotatable bonds is 3. The minimum absolute atomic E-state index is 0.245. The van der Waals surface area contributed by atoms with Gasteiger partial charge in [0.25, 0.3) is 0 Å². The first-order chi connectivity index (χ1) is 9.41. The lowest BCUT2D eigenvalue weighted by Gasteiger charge is -2.29. The van der Waals surface area contributed by atoms with Crippen LogP contribution in [-0.2, 0) is 14.8 Å². The lowest BCUT2D eigenvalue weighted by Crippen LogP contribution is -2.37. The van der Waals surface area contributed by atoms with Crippen molar-refractivity contribution in [2.45, 2.75) is 6.92 Å². The molecule has 0 atom stereocenters. The van der Waals surface area contributed by atoms with Crippen molar-refractivity contribution in [1.29, 1.82) is 0 Å². The first-order valence-electron chi connectivity index (χ1n) is 6.10. The minimum atomic E-state index is -3.39. The van der Waals surface area contributed by atoms with Crippen molar-refractivity contribution in [3.8, 4) is 5.75 Å². The summed E-state index contributed by atoms with van der Waals surface area (Å²) in [5.74, 6) is 0.469. The number of carbonyl (C=O) groups excluding carboxylic acids is 1. The molecule has 7 nitrogen and oxygen atoms in total. The van der Waals surface area contributed by atoms with Crippen LogP contribution in [0.25, 0.3) is 0 Å². The molecule has 0 fully saturated rings. The van der Waals surface area contributed by atoms with E-state index >= 15 is 0 Å². The minimum Gasteiger partial charge on any atom is -0.489 e. The Morgan fingerprint density at radius 2 is 2.25 bits per heavy atom. The van der Waals surface area contributed by atoms with Crippen molar-refractivity contribution in [2.24, 2.45) is 0 Å². The number of nitrogens with zero attached hydrogens (tertiary/aromatic N) is 1. The molecule has 0 unspecified atom stereocenters. The van der Waals surface area contributed by atoms with E-state index < -0.39 is 16.1 Å². The largest absolute Gasteiger partial charge is 0.489 e. The highest BCUT2D eigenvalue weighted by molar-refractivity contribution is 7.92. The van der Waals surface area contributed by atoms with Crippen molar-refractivity contribution in [3.05, 3.63) is 18.2 Å². The molecule has 0 radical (unpaired) electrons. The van der Waals surface area contributed by atoms with E-state index in [0.717, 1.165) is 6.26 Å². The van der Waals surface area contributed by atoms with Gasteiger partial charge in [-0.05, 0) is 25.1 Å². The predicted molar refractivity (Wildman–Crippen MR) is 74.8 cm³/mol. The molecule has 2 rings (SSSR count). The summed E-state index contributed by atoms with van der Waals surface area (Å²) in [5, 5.41) is 2.53. The second-order valence-electron chi connectivity index (χ2n) is 4.21. The van der Waals surface area contributed by atoms with Crippen LogP contribution in [0.2, 0.25) is 0 Å². The van der Waals surface area contributed by atoms with E-state index in [1.54, 1.807) is 25.1 Å². The summed E-state index contributed by atoms with van der Waals surface area (Å²) in [4.78, 5) is 11.4. The highest BCUT2D eigenvalue weighted by Gasteiger charge is 2.25. The van der Waals surface area contributed by atoms with Crippen molar-refractivity contribution in [2.75, 3.05) is 35.6 Å². The number of hydrogen-bond donors (Lipinski definition) is 1. The third-order valence-corrected chi connectivity index (χ3v) is 3.88. The molecule has 0 aromatic heterocycles. The van der Waals surface area contributed by atoms with Crippen molar-refractivity contribution in [1.82, 2.24) is 0 Å². The van der Waals surface area contributed by atoms with Gasteiger partial charge in [0.05, 0.1) is 25.1 Å². The van der Waals surface area contributed by atoms with Crippen LogP contribution in [0.15, 0.2) is 18.2 Å². The quantitative estimate of drug-likeness (QED) is 0.912. The van der Waals surface area contributed by atoms with E-state index in [4.69, 9.17) is 9.47 Å². The Hall–Kier alpha value is -1.96. The molecule has 0 spiro atoms. The number of benzene rings is 1. The molecule has 1 aliphatic rings. The van der Waals surface area contributed by atoms with Crippen LogP contribution < -0.4 is 14.4 Å².